The summed E-state index contributed by atoms with van der Waals surface area (Å²) >= 11 is 6.90. The molecule has 0 aliphatic carbocycles. The summed E-state index contributed by atoms with van der Waals surface area (Å²) in [4.78, 5) is 9.60. The second kappa shape index (κ2) is 5.94. The molecule has 0 fully saturated rings. The van der Waals surface area contributed by atoms with Crippen LogP contribution in [0, 0.1) is 0 Å². The zero-order chi connectivity index (χ0) is 11.3. The fraction of sp³-hybridized carbons (Fsp3) is 0.100. The summed E-state index contributed by atoms with van der Waals surface area (Å²) in [6.07, 6.45) is 0. The van der Waals surface area contributed by atoms with Gasteiger partial charge in [0.25, 0.3) is 0 Å². The molecule has 0 atom stereocenters. The van der Waals surface area contributed by atoms with Crippen molar-refractivity contribution in [3.8, 4) is 0 Å². The Bertz CT molecular complexity index is 389. The molecule has 0 unspecified atom stereocenters. The number of nitrogens with zero attached hydrogens (tertiary/aromatic N) is 3. The van der Waals surface area contributed by atoms with Crippen molar-refractivity contribution in [2.24, 2.45) is 9.98 Å². The summed E-state index contributed by atoms with van der Waals surface area (Å²) in [6.45, 7) is 3.31. The van der Waals surface area contributed by atoms with E-state index in [4.69, 9.17) is 11.6 Å². The minimum absolute atomic E-state index is 0.169. The molecular formula is C10H10ClN3W. The topological polar surface area (TPSA) is 28.0 Å². The zero-order valence-electron chi connectivity index (χ0n) is 8.22. The maximum atomic E-state index is 5.68. The monoisotopic (exact) mass is 391 g/mol. The molecule has 15 heavy (non-hydrogen) atoms. The quantitative estimate of drug-likeness (QED) is 0.440. The molecule has 0 N–H and O–H groups in total. The van der Waals surface area contributed by atoms with Gasteiger partial charge in [0.05, 0.1) is 0 Å². The molecular weight excluding hydrogens is 381 g/mol. The first-order chi connectivity index (χ1) is 7.15. The van der Waals surface area contributed by atoms with E-state index in [0.717, 1.165) is 9.83 Å². The average molecular weight is 392 g/mol. The van der Waals surface area contributed by atoms with Gasteiger partial charge in [-0.15, -0.1) is 0 Å². The number of amidine groups is 1. The molecule has 1 aromatic carbocycles. The Balaban J connectivity index is 2.82. The number of aliphatic imine (C=N–C) groups is 2. The second-order valence-electron chi connectivity index (χ2n) is 2.72. The minimum atomic E-state index is 0.169. The summed E-state index contributed by atoms with van der Waals surface area (Å²) in [7, 11) is 1.94. The summed E-state index contributed by atoms with van der Waals surface area (Å²) in [6, 6.07) is 9.94. The molecule has 1 aromatic rings. The molecule has 3 nitrogen and oxygen atoms in total. The van der Waals surface area contributed by atoms with E-state index in [0.29, 0.717) is 0 Å². The molecule has 0 saturated heterocycles. The van der Waals surface area contributed by atoms with Crippen molar-refractivity contribution in [2.45, 2.75) is 0 Å². The number of rotatable bonds is 3. The number of anilines is 1. The zero-order valence-corrected chi connectivity index (χ0v) is 11.9. The van der Waals surface area contributed by atoms with E-state index in [1.807, 2.05) is 42.3 Å². The Hall–Kier alpha value is -0.792. The van der Waals surface area contributed by atoms with Crippen molar-refractivity contribution in [3.63, 3.8) is 0 Å². The maximum absolute atomic E-state index is 5.68. The van der Waals surface area contributed by atoms with Crippen LogP contribution in [0.25, 0.3) is 0 Å². The van der Waals surface area contributed by atoms with Gasteiger partial charge in [-0.25, -0.2) is 0 Å². The van der Waals surface area contributed by atoms with Crippen LogP contribution < -0.4 is 4.90 Å². The number of para-hydroxylation sites is 1. The Labute approximate surface area is 105 Å². The molecule has 1 rings (SSSR count). The van der Waals surface area contributed by atoms with Crippen molar-refractivity contribution in [1.82, 2.24) is 0 Å². The third-order valence-electron chi connectivity index (χ3n) is 1.75. The van der Waals surface area contributed by atoms with Crippen LogP contribution in [0.3, 0.4) is 0 Å². The molecule has 5 heteroatoms. The molecule has 0 bridgehead atoms. The molecule has 0 aliphatic rings. The van der Waals surface area contributed by atoms with E-state index >= 15 is 0 Å². The van der Waals surface area contributed by atoms with Crippen LogP contribution >= 0.6 is 11.6 Å². The van der Waals surface area contributed by atoms with Gasteiger partial charge in [-0.3, -0.25) is 0 Å². The Morgan fingerprint density at radius 3 is 2.53 bits per heavy atom. The van der Waals surface area contributed by atoms with Crippen LogP contribution in [-0.2, 0) is 19.4 Å². The first-order valence-corrected chi connectivity index (χ1v) is 6.03. The van der Waals surface area contributed by atoms with Crippen LogP contribution in [0.4, 0.5) is 5.69 Å². The van der Waals surface area contributed by atoms with Crippen molar-refractivity contribution in [1.29, 1.82) is 0 Å². The molecule has 0 aromatic heterocycles. The van der Waals surface area contributed by atoms with E-state index in [2.05, 4.69) is 16.7 Å². The van der Waals surface area contributed by atoms with Gasteiger partial charge in [-0.2, -0.15) is 0 Å². The van der Waals surface area contributed by atoms with E-state index in [9.17, 15) is 0 Å². The van der Waals surface area contributed by atoms with Gasteiger partial charge in [0, 0.05) is 0 Å². The van der Waals surface area contributed by atoms with Gasteiger partial charge in [0.2, 0.25) is 0 Å². The molecule has 0 radical (unpaired) electrons. The Morgan fingerprint density at radius 1 is 1.40 bits per heavy atom. The van der Waals surface area contributed by atoms with E-state index in [-0.39, 0.29) is 5.29 Å². The molecule has 0 amide bonds. The van der Waals surface area contributed by atoms with Crippen molar-refractivity contribution < 1.29 is 19.4 Å². The van der Waals surface area contributed by atoms with E-state index in [1.165, 1.54) is 19.4 Å². The third kappa shape index (κ3) is 3.69. The molecule has 0 aliphatic heterocycles. The summed E-state index contributed by atoms with van der Waals surface area (Å²) in [5.41, 5.74) is 1.07. The van der Waals surface area contributed by atoms with Crippen molar-refractivity contribution in [3.05, 3.63) is 30.3 Å². The summed E-state index contributed by atoms with van der Waals surface area (Å²) in [5.74, 6) is 0. The van der Waals surface area contributed by atoms with Crippen LogP contribution in [0.5, 0.6) is 0 Å². The van der Waals surface area contributed by atoms with E-state index < -0.39 is 0 Å². The second-order valence-corrected chi connectivity index (χ2v) is 4.37. The normalized spacial score (nSPS) is 10.9. The van der Waals surface area contributed by atoms with Gasteiger partial charge in [-0.1, -0.05) is 0 Å². The first kappa shape index (κ1) is 12.3. The standard InChI is InChI=1S/C10H10ClN3.W/c1-12-10(11)13-8-14(2)9-6-4-3-5-7-9;/h3-7H,1H2,2H3;. The third-order valence-corrected chi connectivity index (χ3v) is 3.26. The fourth-order valence-corrected chi connectivity index (χ4v) is 1.92. The molecule has 0 spiro atoms. The number of halogens is 1. The average Bonchev–Trinajstić information content (AvgIpc) is 2.29. The van der Waals surface area contributed by atoms with Crippen molar-refractivity contribution in [2.75, 3.05) is 11.9 Å². The van der Waals surface area contributed by atoms with Gasteiger partial charge < -0.3 is 0 Å². The number of hydrogen-bond donors (Lipinski definition) is 0. The van der Waals surface area contributed by atoms with Crippen LogP contribution in [-0.4, -0.2) is 23.2 Å². The van der Waals surface area contributed by atoms with Crippen LogP contribution in [0.2, 0.25) is 0 Å². The predicted octanol–water partition coefficient (Wildman–Crippen LogP) is 2.05. The van der Waals surface area contributed by atoms with Gasteiger partial charge in [-0.05, 0) is 0 Å². The van der Waals surface area contributed by atoms with Gasteiger partial charge >= 0.3 is 105 Å². The summed E-state index contributed by atoms with van der Waals surface area (Å²) in [5, 5.41) is 0.169. The SMILES string of the molecule is C=NC(Cl)=N[C](=[W])N(C)c1ccccc1. The first-order valence-electron chi connectivity index (χ1n) is 4.19. The van der Waals surface area contributed by atoms with Crippen LogP contribution in [0.15, 0.2) is 40.3 Å². The molecule has 0 heterocycles. The predicted molar refractivity (Wildman–Crippen MR) is 62.7 cm³/mol. The van der Waals surface area contributed by atoms with Gasteiger partial charge in [0.1, 0.15) is 0 Å². The Kier molecular flexibility index (Phi) is 4.86. The molecule has 0 saturated carbocycles. The summed E-state index contributed by atoms with van der Waals surface area (Å²) < 4.78 is 0.846. The number of hydrogen-bond acceptors (Lipinski definition) is 2. The van der Waals surface area contributed by atoms with E-state index in [1.54, 1.807) is 0 Å². The number of benzene rings is 1. The fourth-order valence-electron chi connectivity index (χ4n) is 0.951. The van der Waals surface area contributed by atoms with Gasteiger partial charge in [0.15, 0.2) is 0 Å². The van der Waals surface area contributed by atoms with Crippen LogP contribution in [0.1, 0.15) is 0 Å². The Morgan fingerprint density at radius 2 is 2.00 bits per heavy atom. The van der Waals surface area contributed by atoms with Crippen molar-refractivity contribution >= 4 is 33.4 Å². The molecule has 78 valence electrons.